The predicted molar refractivity (Wildman–Crippen MR) is 62.3 cm³/mol. The highest BCUT2D eigenvalue weighted by molar-refractivity contribution is 5.69. The highest BCUT2D eigenvalue weighted by Crippen LogP contribution is 2.12. The highest BCUT2D eigenvalue weighted by atomic mass is 16.6. The molecular formula is C12H23NO3. The Morgan fingerprint density at radius 1 is 1.50 bits per heavy atom. The van der Waals surface area contributed by atoms with Crippen LogP contribution in [0, 0.1) is 0 Å². The van der Waals surface area contributed by atoms with E-state index in [9.17, 15) is 4.79 Å². The predicted octanol–water partition coefficient (Wildman–Crippen LogP) is 1.49. The number of hydrogen-bond donors (Lipinski definition) is 1. The molecule has 16 heavy (non-hydrogen) atoms. The van der Waals surface area contributed by atoms with E-state index in [-0.39, 0.29) is 12.1 Å². The van der Waals surface area contributed by atoms with Crippen molar-refractivity contribution in [1.29, 1.82) is 0 Å². The summed E-state index contributed by atoms with van der Waals surface area (Å²) in [4.78, 5) is 11.3. The standard InChI is InChI=1S/C12H23NO3/c1-10(2)13-7-6-12(14)16-9-11-5-3-4-8-15-11/h10-11,13H,3-9H2,1-2H3. The average molecular weight is 229 g/mol. The molecule has 1 fully saturated rings. The van der Waals surface area contributed by atoms with E-state index in [0.29, 0.717) is 25.6 Å². The molecule has 0 radical (unpaired) electrons. The van der Waals surface area contributed by atoms with Gasteiger partial charge in [-0.05, 0) is 19.3 Å². The van der Waals surface area contributed by atoms with Gasteiger partial charge in [-0.3, -0.25) is 4.79 Å². The van der Waals surface area contributed by atoms with Gasteiger partial charge in [0.1, 0.15) is 6.61 Å². The first kappa shape index (κ1) is 13.5. The SMILES string of the molecule is CC(C)NCCC(=O)OCC1CCCCO1. The van der Waals surface area contributed by atoms with Crippen LogP contribution < -0.4 is 5.32 Å². The molecule has 1 N–H and O–H groups in total. The molecule has 1 unspecified atom stereocenters. The van der Waals surface area contributed by atoms with E-state index in [0.717, 1.165) is 19.4 Å². The van der Waals surface area contributed by atoms with Crippen molar-refractivity contribution in [2.45, 2.75) is 51.7 Å². The minimum atomic E-state index is -0.137. The van der Waals surface area contributed by atoms with Gasteiger partial charge < -0.3 is 14.8 Å². The molecule has 0 aromatic heterocycles. The van der Waals surface area contributed by atoms with Crippen LogP contribution in [0.5, 0.6) is 0 Å². The van der Waals surface area contributed by atoms with Crippen LogP contribution in [0.4, 0.5) is 0 Å². The molecule has 0 aromatic carbocycles. The van der Waals surface area contributed by atoms with E-state index in [4.69, 9.17) is 9.47 Å². The van der Waals surface area contributed by atoms with Gasteiger partial charge in [-0.25, -0.2) is 0 Å². The molecule has 0 amide bonds. The van der Waals surface area contributed by atoms with Gasteiger partial charge in [0.15, 0.2) is 0 Å². The first-order valence-electron chi connectivity index (χ1n) is 6.19. The van der Waals surface area contributed by atoms with Gasteiger partial charge in [-0.1, -0.05) is 13.8 Å². The fraction of sp³-hybridized carbons (Fsp3) is 0.917. The second-order valence-corrected chi connectivity index (χ2v) is 4.53. The van der Waals surface area contributed by atoms with Crippen molar-refractivity contribution in [2.75, 3.05) is 19.8 Å². The van der Waals surface area contributed by atoms with Gasteiger partial charge in [0.05, 0.1) is 12.5 Å². The number of hydrogen-bond acceptors (Lipinski definition) is 4. The average Bonchev–Trinajstić information content (AvgIpc) is 2.27. The molecule has 1 heterocycles. The minimum absolute atomic E-state index is 0.121. The first-order valence-corrected chi connectivity index (χ1v) is 6.19. The lowest BCUT2D eigenvalue weighted by Gasteiger charge is -2.22. The lowest BCUT2D eigenvalue weighted by Crippen LogP contribution is -2.28. The van der Waals surface area contributed by atoms with Gasteiger partial charge in [0.2, 0.25) is 0 Å². The molecule has 0 bridgehead atoms. The summed E-state index contributed by atoms with van der Waals surface area (Å²) in [5.74, 6) is -0.137. The summed E-state index contributed by atoms with van der Waals surface area (Å²) in [5.41, 5.74) is 0. The van der Waals surface area contributed by atoms with Crippen molar-refractivity contribution < 1.29 is 14.3 Å². The van der Waals surface area contributed by atoms with E-state index in [1.54, 1.807) is 0 Å². The van der Waals surface area contributed by atoms with Crippen LogP contribution in [0.3, 0.4) is 0 Å². The van der Waals surface area contributed by atoms with Crippen molar-refractivity contribution in [3.8, 4) is 0 Å². The Morgan fingerprint density at radius 3 is 2.94 bits per heavy atom. The summed E-state index contributed by atoms with van der Waals surface area (Å²) in [6.45, 7) is 6.02. The number of rotatable bonds is 6. The summed E-state index contributed by atoms with van der Waals surface area (Å²) >= 11 is 0. The molecule has 1 saturated heterocycles. The zero-order valence-electron chi connectivity index (χ0n) is 10.3. The number of ether oxygens (including phenoxy) is 2. The largest absolute Gasteiger partial charge is 0.463 e. The van der Waals surface area contributed by atoms with Gasteiger partial charge >= 0.3 is 5.97 Å². The van der Waals surface area contributed by atoms with Crippen LogP contribution in [-0.2, 0) is 14.3 Å². The van der Waals surface area contributed by atoms with Crippen LogP contribution in [0.2, 0.25) is 0 Å². The third-order valence-electron chi connectivity index (χ3n) is 2.59. The maximum atomic E-state index is 11.3. The Bertz CT molecular complexity index is 200. The Morgan fingerprint density at radius 2 is 2.31 bits per heavy atom. The fourth-order valence-electron chi connectivity index (χ4n) is 1.66. The molecule has 4 nitrogen and oxygen atoms in total. The highest BCUT2D eigenvalue weighted by Gasteiger charge is 2.15. The zero-order valence-corrected chi connectivity index (χ0v) is 10.3. The first-order chi connectivity index (χ1) is 7.68. The lowest BCUT2D eigenvalue weighted by molar-refractivity contribution is -0.149. The van der Waals surface area contributed by atoms with Gasteiger partial charge in [-0.15, -0.1) is 0 Å². The third-order valence-corrected chi connectivity index (χ3v) is 2.59. The summed E-state index contributed by atoms with van der Waals surface area (Å²) in [6.07, 6.45) is 3.87. The maximum absolute atomic E-state index is 11.3. The summed E-state index contributed by atoms with van der Waals surface area (Å²) < 4.78 is 10.6. The molecule has 1 aliphatic heterocycles. The Hall–Kier alpha value is -0.610. The molecule has 1 atom stereocenters. The molecule has 0 saturated carbocycles. The fourth-order valence-corrected chi connectivity index (χ4v) is 1.66. The molecular weight excluding hydrogens is 206 g/mol. The van der Waals surface area contributed by atoms with Crippen molar-refractivity contribution in [3.63, 3.8) is 0 Å². The van der Waals surface area contributed by atoms with Crippen LogP contribution in [0.15, 0.2) is 0 Å². The quantitative estimate of drug-likeness (QED) is 0.701. The topological polar surface area (TPSA) is 47.6 Å². The van der Waals surface area contributed by atoms with E-state index in [1.807, 2.05) is 0 Å². The number of carbonyl (C=O) groups is 1. The number of nitrogens with one attached hydrogen (secondary N) is 1. The van der Waals surface area contributed by atoms with Crippen LogP contribution in [0.25, 0.3) is 0 Å². The van der Waals surface area contributed by atoms with Crippen LogP contribution in [-0.4, -0.2) is 37.9 Å². The van der Waals surface area contributed by atoms with Crippen molar-refractivity contribution in [1.82, 2.24) is 5.32 Å². The monoisotopic (exact) mass is 229 g/mol. The van der Waals surface area contributed by atoms with Gasteiger partial charge in [0, 0.05) is 19.2 Å². The van der Waals surface area contributed by atoms with E-state index < -0.39 is 0 Å². The Kier molecular flexibility index (Phi) is 6.42. The number of carbonyl (C=O) groups excluding carboxylic acids is 1. The minimum Gasteiger partial charge on any atom is -0.463 e. The molecule has 4 heteroatoms. The van der Waals surface area contributed by atoms with Gasteiger partial charge in [0.25, 0.3) is 0 Å². The Labute approximate surface area is 97.7 Å². The molecule has 0 aromatic rings. The van der Waals surface area contributed by atoms with Crippen molar-refractivity contribution in [3.05, 3.63) is 0 Å². The van der Waals surface area contributed by atoms with Gasteiger partial charge in [-0.2, -0.15) is 0 Å². The van der Waals surface area contributed by atoms with Crippen molar-refractivity contribution in [2.24, 2.45) is 0 Å². The van der Waals surface area contributed by atoms with Crippen LogP contribution in [0.1, 0.15) is 39.5 Å². The molecule has 0 aliphatic carbocycles. The second-order valence-electron chi connectivity index (χ2n) is 4.53. The normalized spacial score (nSPS) is 21.1. The number of esters is 1. The molecule has 94 valence electrons. The lowest BCUT2D eigenvalue weighted by atomic mass is 10.1. The van der Waals surface area contributed by atoms with Crippen LogP contribution >= 0.6 is 0 Å². The van der Waals surface area contributed by atoms with E-state index in [1.165, 1.54) is 6.42 Å². The maximum Gasteiger partial charge on any atom is 0.307 e. The summed E-state index contributed by atoms with van der Waals surface area (Å²) in [7, 11) is 0. The summed E-state index contributed by atoms with van der Waals surface area (Å²) in [6, 6.07) is 0.412. The van der Waals surface area contributed by atoms with E-state index in [2.05, 4.69) is 19.2 Å². The molecule has 0 spiro atoms. The second kappa shape index (κ2) is 7.63. The summed E-state index contributed by atoms with van der Waals surface area (Å²) in [5, 5.41) is 3.18. The van der Waals surface area contributed by atoms with Crippen molar-refractivity contribution >= 4 is 5.97 Å². The smallest absolute Gasteiger partial charge is 0.307 e. The molecule has 1 rings (SSSR count). The zero-order chi connectivity index (χ0) is 11.8. The Balaban J connectivity index is 2.00. The van der Waals surface area contributed by atoms with E-state index >= 15 is 0 Å². The third kappa shape index (κ3) is 6.08. The molecule has 1 aliphatic rings.